The molecular formula is C29H38FN5O3. The molecule has 2 atom stereocenters. The van der Waals surface area contributed by atoms with Crippen LogP contribution in [0.1, 0.15) is 22.3 Å². The maximum atomic E-state index is 13.7. The number of likely N-dealkylation sites (tertiary alicyclic amines) is 1. The summed E-state index contributed by atoms with van der Waals surface area (Å²) in [5.41, 5.74) is 1.62. The second-order valence-electron chi connectivity index (χ2n) is 10.4. The van der Waals surface area contributed by atoms with E-state index in [1.165, 1.54) is 29.8 Å². The Kier molecular flexibility index (Phi) is 9.01. The van der Waals surface area contributed by atoms with Gasteiger partial charge in [-0.05, 0) is 36.2 Å². The third-order valence-corrected chi connectivity index (χ3v) is 7.90. The Balaban J connectivity index is 1.37. The first kappa shape index (κ1) is 26.7. The van der Waals surface area contributed by atoms with Gasteiger partial charge < -0.3 is 19.9 Å². The second kappa shape index (κ2) is 12.8. The van der Waals surface area contributed by atoms with E-state index in [-0.39, 0.29) is 23.7 Å². The number of carbonyl (C=O) groups excluding carboxylic acids is 2. The quantitative estimate of drug-likeness (QED) is 0.568. The Morgan fingerprint density at radius 2 is 1.68 bits per heavy atom. The van der Waals surface area contributed by atoms with Crippen LogP contribution in [-0.2, 0) is 16.1 Å². The van der Waals surface area contributed by atoms with E-state index in [4.69, 9.17) is 4.74 Å². The maximum Gasteiger partial charge on any atom is 0.254 e. The molecule has 3 fully saturated rings. The number of carbonyl (C=O) groups is 2. The van der Waals surface area contributed by atoms with E-state index in [0.717, 1.165) is 59.0 Å². The molecule has 0 radical (unpaired) electrons. The van der Waals surface area contributed by atoms with Crippen molar-refractivity contribution < 1.29 is 18.7 Å². The molecule has 3 heterocycles. The SMILES string of the molecule is O=C(C1CC(N(CCN2CCOCC2)Cc2ccccc2)CN1C(=O)c1ccc(F)cc1)N1CCNCC1. The van der Waals surface area contributed by atoms with Crippen molar-refractivity contribution in [2.75, 3.05) is 72.1 Å². The van der Waals surface area contributed by atoms with Crippen LogP contribution >= 0.6 is 0 Å². The zero-order chi connectivity index (χ0) is 26.3. The fraction of sp³-hybridized carbons (Fsp3) is 0.517. The first-order chi connectivity index (χ1) is 18.6. The summed E-state index contributed by atoms with van der Waals surface area (Å²) in [5, 5.41) is 3.30. The maximum absolute atomic E-state index is 13.7. The summed E-state index contributed by atoms with van der Waals surface area (Å²) in [7, 11) is 0. The number of piperazine rings is 1. The van der Waals surface area contributed by atoms with Crippen LogP contribution in [0.25, 0.3) is 0 Å². The molecule has 2 unspecified atom stereocenters. The van der Waals surface area contributed by atoms with Crippen LogP contribution in [-0.4, -0.2) is 116 Å². The van der Waals surface area contributed by atoms with Crippen LogP contribution in [0.15, 0.2) is 54.6 Å². The molecule has 0 spiro atoms. The monoisotopic (exact) mass is 523 g/mol. The minimum absolute atomic E-state index is 0.0114. The van der Waals surface area contributed by atoms with E-state index in [9.17, 15) is 14.0 Å². The van der Waals surface area contributed by atoms with E-state index < -0.39 is 6.04 Å². The summed E-state index contributed by atoms with van der Waals surface area (Å²) in [6, 6.07) is 15.5. The number of nitrogens with zero attached hydrogens (tertiary/aromatic N) is 4. The molecule has 204 valence electrons. The van der Waals surface area contributed by atoms with Crippen LogP contribution in [0.2, 0.25) is 0 Å². The van der Waals surface area contributed by atoms with E-state index in [0.29, 0.717) is 31.6 Å². The van der Waals surface area contributed by atoms with Crippen molar-refractivity contribution in [3.8, 4) is 0 Å². The van der Waals surface area contributed by atoms with Crippen LogP contribution in [0.5, 0.6) is 0 Å². The van der Waals surface area contributed by atoms with Crippen LogP contribution in [0.3, 0.4) is 0 Å². The Hall–Kier alpha value is -2.85. The number of amides is 2. The number of nitrogens with one attached hydrogen (secondary N) is 1. The Morgan fingerprint density at radius 3 is 2.39 bits per heavy atom. The smallest absolute Gasteiger partial charge is 0.254 e. The number of benzene rings is 2. The molecule has 9 heteroatoms. The zero-order valence-electron chi connectivity index (χ0n) is 21.9. The van der Waals surface area contributed by atoms with E-state index >= 15 is 0 Å². The van der Waals surface area contributed by atoms with Gasteiger partial charge >= 0.3 is 0 Å². The molecule has 2 amide bonds. The van der Waals surface area contributed by atoms with Crippen molar-refractivity contribution in [1.29, 1.82) is 0 Å². The van der Waals surface area contributed by atoms with Gasteiger partial charge in [-0.25, -0.2) is 4.39 Å². The second-order valence-corrected chi connectivity index (χ2v) is 10.4. The van der Waals surface area contributed by atoms with Gasteiger partial charge in [0.2, 0.25) is 5.91 Å². The van der Waals surface area contributed by atoms with Gasteiger partial charge in [0, 0.05) is 77.1 Å². The number of hydrogen-bond donors (Lipinski definition) is 1. The molecule has 1 N–H and O–H groups in total. The predicted octanol–water partition coefficient (Wildman–Crippen LogP) is 1.68. The lowest BCUT2D eigenvalue weighted by molar-refractivity contribution is -0.135. The summed E-state index contributed by atoms with van der Waals surface area (Å²) in [6.45, 7) is 9.12. The van der Waals surface area contributed by atoms with Crippen molar-refractivity contribution in [3.63, 3.8) is 0 Å². The molecule has 3 saturated heterocycles. The third kappa shape index (κ3) is 6.58. The molecule has 0 bridgehead atoms. The van der Waals surface area contributed by atoms with Crippen molar-refractivity contribution in [2.45, 2.75) is 25.0 Å². The topological polar surface area (TPSA) is 68.4 Å². The average molecular weight is 524 g/mol. The molecule has 2 aromatic carbocycles. The van der Waals surface area contributed by atoms with E-state index in [1.807, 2.05) is 23.1 Å². The van der Waals surface area contributed by atoms with Gasteiger partial charge in [-0.1, -0.05) is 30.3 Å². The first-order valence-corrected chi connectivity index (χ1v) is 13.7. The largest absolute Gasteiger partial charge is 0.379 e. The highest BCUT2D eigenvalue weighted by Gasteiger charge is 2.43. The minimum Gasteiger partial charge on any atom is -0.379 e. The lowest BCUT2D eigenvalue weighted by Gasteiger charge is -2.33. The number of halogens is 1. The third-order valence-electron chi connectivity index (χ3n) is 7.90. The fourth-order valence-electron chi connectivity index (χ4n) is 5.69. The van der Waals surface area contributed by atoms with Crippen molar-refractivity contribution in [2.24, 2.45) is 0 Å². The highest BCUT2D eigenvalue weighted by Crippen LogP contribution is 2.27. The number of hydrogen-bond acceptors (Lipinski definition) is 6. The van der Waals surface area contributed by atoms with Crippen LogP contribution < -0.4 is 5.32 Å². The van der Waals surface area contributed by atoms with Gasteiger partial charge in [0.25, 0.3) is 5.91 Å². The van der Waals surface area contributed by atoms with Crippen molar-refractivity contribution in [3.05, 3.63) is 71.5 Å². The Labute approximate surface area is 224 Å². The minimum atomic E-state index is -0.530. The average Bonchev–Trinajstić information content (AvgIpc) is 3.42. The van der Waals surface area contributed by atoms with Crippen molar-refractivity contribution in [1.82, 2.24) is 24.9 Å². The molecule has 2 aromatic rings. The lowest BCUT2D eigenvalue weighted by Crippen LogP contribution is -2.53. The molecule has 0 saturated carbocycles. The zero-order valence-corrected chi connectivity index (χ0v) is 21.9. The summed E-state index contributed by atoms with van der Waals surface area (Å²) in [6.07, 6.45) is 0.589. The summed E-state index contributed by atoms with van der Waals surface area (Å²) < 4.78 is 19.1. The Bertz CT molecular complexity index is 1060. The molecular weight excluding hydrogens is 485 g/mol. The lowest BCUT2D eigenvalue weighted by atomic mass is 10.1. The molecule has 3 aliphatic rings. The standard InChI is InChI=1S/C29H38FN5O3/c30-25-8-6-24(7-9-25)28(36)35-22-26(20-27(35)29(37)33-12-10-31-11-13-33)34(21-23-4-2-1-3-5-23)15-14-32-16-18-38-19-17-32/h1-9,26-27,31H,10-22H2. The molecule has 8 nitrogen and oxygen atoms in total. The summed E-state index contributed by atoms with van der Waals surface area (Å²) in [4.78, 5) is 35.9. The molecule has 0 aliphatic carbocycles. The summed E-state index contributed by atoms with van der Waals surface area (Å²) in [5.74, 6) is -0.586. The van der Waals surface area contributed by atoms with Crippen molar-refractivity contribution >= 4 is 11.8 Å². The fourth-order valence-corrected chi connectivity index (χ4v) is 5.69. The van der Waals surface area contributed by atoms with E-state index in [1.54, 1.807) is 4.90 Å². The van der Waals surface area contributed by atoms with Gasteiger partial charge in [-0.3, -0.25) is 19.4 Å². The van der Waals surface area contributed by atoms with Gasteiger partial charge in [-0.15, -0.1) is 0 Å². The van der Waals surface area contributed by atoms with Gasteiger partial charge in [0.05, 0.1) is 13.2 Å². The molecule has 0 aromatic heterocycles. The first-order valence-electron chi connectivity index (χ1n) is 13.7. The summed E-state index contributed by atoms with van der Waals surface area (Å²) >= 11 is 0. The highest BCUT2D eigenvalue weighted by molar-refractivity contribution is 5.98. The molecule has 38 heavy (non-hydrogen) atoms. The van der Waals surface area contributed by atoms with Gasteiger partial charge in [0.15, 0.2) is 0 Å². The number of rotatable bonds is 8. The normalized spacial score (nSPS) is 22.7. The predicted molar refractivity (Wildman–Crippen MR) is 143 cm³/mol. The van der Waals surface area contributed by atoms with Crippen LogP contribution in [0, 0.1) is 5.82 Å². The van der Waals surface area contributed by atoms with E-state index in [2.05, 4.69) is 27.2 Å². The van der Waals surface area contributed by atoms with Crippen LogP contribution in [0.4, 0.5) is 4.39 Å². The number of ether oxygens (including phenoxy) is 1. The Morgan fingerprint density at radius 1 is 0.974 bits per heavy atom. The van der Waals surface area contributed by atoms with Gasteiger partial charge in [0.1, 0.15) is 11.9 Å². The van der Waals surface area contributed by atoms with Gasteiger partial charge in [-0.2, -0.15) is 0 Å². The molecule has 3 aliphatic heterocycles. The number of morpholine rings is 1. The highest BCUT2D eigenvalue weighted by atomic mass is 19.1. The molecule has 5 rings (SSSR count).